The summed E-state index contributed by atoms with van der Waals surface area (Å²) in [7, 11) is 0. The first kappa shape index (κ1) is 27.7. The molecule has 0 aliphatic heterocycles. The van der Waals surface area contributed by atoms with Gasteiger partial charge in [0, 0.05) is 0 Å². The largest absolute Gasteiger partial charge is 0.0885 e. The molecule has 0 amide bonds. The van der Waals surface area contributed by atoms with E-state index in [0.717, 1.165) is 5.92 Å². The molecule has 1 atom stereocenters. The van der Waals surface area contributed by atoms with Gasteiger partial charge in [-0.25, -0.2) is 0 Å². The molecule has 0 aliphatic carbocycles. The molecular weight excluding hydrogens is 336 g/mol. The normalized spacial score (nSPS) is 12.8. The lowest BCUT2D eigenvalue weighted by atomic mass is 9.90. The van der Waals surface area contributed by atoms with E-state index in [9.17, 15) is 0 Å². The number of unbranched alkanes of at least 4 members (excludes halogenated alkanes) is 15. The molecule has 0 N–H and O–H groups in total. The van der Waals surface area contributed by atoms with Crippen molar-refractivity contribution in [2.75, 3.05) is 0 Å². The molecule has 0 rings (SSSR count). The van der Waals surface area contributed by atoms with E-state index in [1.807, 2.05) is 0 Å². The van der Waals surface area contributed by atoms with Gasteiger partial charge in [0.1, 0.15) is 0 Å². The second-order valence-corrected chi connectivity index (χ2v) is 9.23. The maximum absolute atomic E-state index is 2.46. The Kier molecular flexibility index (Phi) is 24.5. The summed E-state index contributed by atoms with van der Waals surface area (Å²) < 4.78 is 0. The molecule has 0 radical (unpaired) electrons. The smallest absolute Gasteiger partial charge is 0.0351 e. The molecule has 0 aromatic heterocycles. The Bertz CT molecular complexity index is 290. The predicted octanol–water partition coefficient (Wildman–Crippen LogP) is 10.8. The molecule has 168 valence electrons. The average molecular weight is 393 g/mol. The van der Waals surface area contributed by atoms with E-state index in [0.29, 0.717) is 0 Å². The van der Waals surface area contributed by atoms with E-state index in [4.69, 9.17) is 0 Å². The summed E-state index contributed by atoms with van der Waals surface area (Å²) in [5.41, 5.74) is 0. The molecule has 0 saturated carbocycles. The molecular formula is C28H56. The van der Waals surface area contributed by atoms with E-state index in [-0.39, 0.29) is 0 Å². The van der Waals surface area contributed by atoms with E-state index in [1.165, 1.54) is 141 Å². The highest BCUT2D eigenvalue weighted by Gasteiger charge is 2.07. The zero-order valence-electron chi connectivity index (χ0n) is 20.3. The van der Waals surface area contributed by atoms with Crippen molar-refractivity contribution < 1.29 is 0 Å². The maximum Gasteiger partial charge on any atom is -0.0351 e. The number of rotatable bonds is 23. The Morgan fingerprint density at radius 1 is 0.393 bits per heavy atom. The van der Waals surface area contributed by atoms with Gasteiger partial charge in [-0.3, -0.25) is 0 Å². The Morgan fingerprint density at radius 2 is 0.750 bits per heavy atom. The second kappa shape index (κ2) is 24.8. The zero-order valence-corrected chi connectivity index (χ0v) is 20.3. The standard InChI is InChI=1S/C28H56/c1-4-7-10-12-14-15-16-17-18-19-20-22-24-27-28(25-9-6-3)26-23-21-13-11-8-5-2/h18-19,28H,4-17,20-27H2,1-3H3. The van der Waals surface area contributed by atoms with Crippen molar-refractivity contribution in [2.45, 2.75) is 162 Å². The van der Waals surface area contributed by atoms with Crippen LogP contribution in [0.25, 0.3) is 0 Å². The highest BCUT2D eigenvalue weighted by atomic mass is 14.1. The first-order chi connectivity index (χ1) is 13.8. The minimum Gasteiger partial charge on any atom is -0.0885 e. The molecule has 0 nitrogen and oxygen atoms in total. The van der Waals surface area contributed by atoms with Crippen molar-refractivity contribution in [2.24, 2.45) is 5.92 Å². The van der Waals surface area contributed by atoms with Gasteiger partial charge in [-0.05, 0) is 31.6 Å². The third-order valence-corrected chi connectivity index (χ3v) is 6.31. The van der Waals surface area contributed by atoms with Crippen LogP contribution in [0.4, 0.5) is 0 Å². The first-order valence-corrected chi connectivity index (χ1v) is 13.5. The molecule has 0 bridgehead atoms. The van der Waals surface area contributed by atoms with Gasteiger partial charge < -0.3 is 0 Å². The van der Waals surface area contributed by atoms with Crippen molar-refractivity contribution >= 4 is 0 Å². The summed E-state index contributed by atoms with van der Waals surface area (Å²) in [6, 6.07) is 0. The second-order valence-electron chi connectivity index (χ2n) is 9.23. The van der Waals surface area contributed by atoms with Crippen molar-refractivity contribution in [1.82, 2.24) is 0 Å². The Balaban J connectivity index is 3.56. The molecule has 0 fully saturated rings. The molecule has 1 unspecified atom stereocenters. The van der Waals surface area contributed by atoms with Crippen molar-refractivity contribution in [3.05, 3.63) is 12.2 Å². The van der Waals surface area contributed by atoms with Gasteiger partial charge in [-0.2, -0.15) is 0 Å². The molecule has 0 heterocycles. The van der Waals surface area contributed by atoms with Crippen molar-refractivity contribution in [1.29, 1.82) is 0 Å². The van der Waals surface area contributed by atoms with Crippen LogP contribution in [-0.4, -0.2) is 0 Å². The van der Waals surface area contributed by atoms with Crippen LogP contribution in [0.2, 0.25) is 0 Å². The van der Waals surface area contributed by atoms with Gasteiger partial charge in [0.25, 0.3) is 0 Å². The Morgan fingerprint density at radius 3 is 1.29 bits per heavy atom. The summed E-state index contributed by atoms with van der Waals surface area (Å²) in [5.74, 6) is 1.02. The van der Waals surface area contributed by atoms with Crippen LogP contribution in [0, 0.1) is 5.92 Å². The van der Waals surface area contributed by atoms with Crippen LogP contribution in [-0.2, 0) is 0 Å². The Labute approximate surface area is 180 Å². The lowest BCUT2D eigenvalue weighted by molar-refractivity contribution is 0.374. The van der Waals surface area contributed by atoms with Crippen LogP contribution in [0.3, 0.4) is 0 Å². The van der Waals surface area contributed by atoms with Crippen LogP contribution in [0.15, 0.2) is 12.2 Å². The van der Waals surface area contributed by atoms with Gasteiger partial charge in [0.05, 0.1) is 0 Å². The highest BCUT2D eigenvalue weighted by molar-refractivity contribution is 4.81. The molecule has 0 aromatic rings. The summed E-state index contributed by atoms with van der Waals surface area (Å²) in [6.45, 7) is 6.95. The monoisotopic (exact) mass is 392 g/mol. The average Bonchev–Trinajstić information content (AvgIpc) is 2.71. The van der Waals surface area contributed by atoms with Crippen molar-refractivity contribution in [3.63, 3.8) is 0 Å². The fourth-order valence-corrected chi connectivity index (χ4v) is 4.29. The minimum absolute atomic E-state index is 1.02. The topological polar surface area (TPSA) is 0 Å². The zero-order chi connectivity index (χ0) is 20.5. The molecule has 0 heteroatoms. The Hall–Kier alpha value is -0.260. The number of hydrogen-bond donors (Lipinski definition) is 0. The van der Waals surface area contributed by atoms with Gasteiger partial charge in [0.15, 0.2) is 0 Å². The minimum atomic E-state index is 1.02. The third-order valence-electron chi connectivity index (χ3n) is 6.31. The summed E-state index contributed by atoms with van der Waals surface area (Å²) in [4.78, 5) is 0. The first-order valence-electron chi connectivity index (χ1n) is 13.5. The number of hydrogen-bond acceptors (Lipinski definition) is 0. The number of allylic oxidation sites excluding steroid dienone is 2. The molecule has 0 aromatic carbocycles. The molecule has 0 aliphatic rings. The third kappa shape index (κ3) is 22.0. The van der Waals surface area contributed by atoms with Crippen LogP contribution >= 0.6 is 0 Å². The van der Waals surface area contributed by atoms with Crippen LogP contribution in [0.1, 0.15) is 162 Å². The van der Waals surface area contributed by atoms with Crippen LogP contribution in [0.5, 0.6) is 0 Å². The fourth-order valence-electron chi connectivity index (χ4n) is 4.29. The lowest BCUT2D eigenvalue weighted by Gasteiger charge is -2.16. The van der Waals surface area contributed by atoms with E-state index >= 15 is 0 Å². The maximum atomic E-state index is 2.46. The summed E-state index contributed by atoms with van der Waals surface area (Å²) >= 11 is 0. The molecule has 0 spiro atoms. The van der Waals surface area contributed by atoms with Gasteiger partial charge in [-0.1, -0.05) is 148 Å². The molecule has 28 heavy (non-hydrogen) atoms. The highest BCUT2D eigenvalue weighted by Crippen LogP contribution is 2.23. The van der Waals surface area contributed by atoms with Crippen molar-refractivity contribution in [3.8, 4) is 0 Å². The summed E-state index contributed by atoms with van der Waals surface area (Å²) in [6.07, 6.45) is 36.4. The van der Waals surface area contributed by atoms with E-state index < -0.39 is 0 Å². The van der Waals surface area contributed by atoms with E-state index in [1.54, 1.807) is 0 Å². The van der Waals surface area contributed by atoms with Gasteiger partial charge >= 0.3 is 0 Å². The predicted molar refractivity (Wildman–Crippen MR) is 131 cm³/mol. The summed E-state index contributed by atoms with van der Waals surface area (Å²) in [5, 5.41) is 0. The van der Waals surface area contributed by atoms with Gasteiger partial charge in [-0.15, -0.1) is 0 Å². The lowest BCUT2D eigenvalue weighted by Crippen LogP contribution is -2.01. The molecule has 0 saturated heterocycles. The van der Waals surface area contributed by atoms with Crippen LogP contribution < -0.4 is 0 Å². The fraction of sp³-hybridized carbons (Fsp3) is 0.929. The quantitative estimate of drug-likeness (QED) is 0.120. The SMILES string of the molecule is CCCCCCCCCC=CCCCCC(CCCC)CCCCCCCC. The van der Waals surface area contributed by atoms with Gasteiger partial charge in [0.2, 0.25) is 0 Å². The van der Waals surface area contributed by atoms with E-state index in [2.05, 4.69) is 32.9 Å².